The van der Waals surface area contributed by atoms with Crippen molar-refractivity contribution in [1.29, 1.82) is 0 Å². The first-order chi connectivity index (χ1) is 5.74. The van der Waals surface area contributed by atoms with Crippen molar-refractivity contribution in [2.75, 3.05) is 13.7 Å². The molecule has 5 heteroatoms. The molecule has 1 rings (SSSR count). The summed E-state index contributed by atoms with van der Waals surface area (Å²) in [6.07, 6.45) is 0.827. The molecule has 0 saturated heterocycles. The first-order valence-corrected chi connectivity index (χ1v) is 4.49. The summed E-state index contributed by atoms with van der Waals surface area (Å²) in [7, 11) is 0.307. The Bertz CT molecular complexity index is 236. The van der Waals surface area contributed by atoms with Crippen LogP contribution in [0.4, 0.5) is 0 Å². The van der Waals surface area contributed by atoms with Gasteiger partial charge in [-0.2, -0.15) is 0 Å². The second kappa shape index (κ2) is 4.62. The van der Waals surface area contributed by atoms with E-state index in [0.29, 0.717) is 11.4 Å². The summed E-state index contributed by atoms with van der Waals surface area (Å²) in [6.45, 7) is 0.668. The molecule has 0 amide bonds. The number of thiophene rings is 1. The van der Waals surface area contributed by atoms with Crippen molar-refractivity contribution in [2.24, 2.45) is 0 Å². The Hall–Kier alpha value is -0.355. The Labute approximate surface area is 75.8 Å². The van der Waals surface area contributed by atoms with Gasteiger partial charge in [0.05, 0.1) is 6.61 Å². The smallest absolute Gasteiger partial charge is 0.423 e. The first kappa shape index (κ1) is 9.73. The molecule has 0 spiro atoms. The van der Waals surface area contributed by atoms with Gasteiger partial charge >= 0.3 is 7.12 Å². The Morgan fingerprint density at radius 3 is 2.75 bits per heavy atom. The monoisotopic (exact) mass is 186 g/mol. The zero-order valence-electron chi connectivity index (χ0n) is 6.86. The normalized spacial score (nSPS) is 10.2. The van der Waals surface area contributed by atoms with E-state index in [2.05, 4.69) is 0 Å². The van der Waals surface area contributed by atoms with Gasteiger partial charge < -0.3 is 14.8 Å². The molecule has 66 valence electrons. The van der Waals surface area contributed by atoms with E-state index in [1.807, 2.05) is 6.07 Å². The van der Waals surface area contributed by atoms with E-state index >= 15 is 0 Å². The van der Waals surface area contributed by atoms with Crippen molar-refractivity contribution < 1.29 is 14.8 Å². The fourth-order valence-corrected chi connectivity index (χ4v) is 1.74. The highest BCUT2D eigenvalue weighted by atomic mass is 32.1. The van der Waals surface area contributed by atoms with Crippen LogP contribution in [0.1, 0.15) is 4.88 Å². The molecule has 0 saturated carbocycles. The minimum Gasteiger partial charge on any atom is -0.423 e. The predicted molar refractivity (Wildman–Crippen MR) is 49.7 cm³/mol. The van der Waals surface area contributed by atoms with Crippen LogP contribution in [0.3, 0.4) is 0 Å². The SMILES string of the molecule is COCCc1ccc(B(O)O)s1. The van der Waals surface area contributed by atoms with Crippen molar-refractivity contribution in [3.63, 3.8) is 0 Å². The fourth-order valence-electron chi connectivity index (χ4n) is 0.870. The van der Waals surface area contributed by atoms with Crippen LogP contribution in [0, 0.1) is 0 Å². The summed E-state index contributed by atoms with van der Waals surface area (Å²) in [6, 6.07) is 3.61. The van der Waals surface area contributed by atoms with Crippen LogP contribution in [0.2, 0.25) is 0 Å². The molecular weight excluding hydrogens is 175 g/mol. The summed E-state index contributed by atoms with van der Waals surface area (Å²) < 4.78 is 5.48. The molecular formula is C7H11BO3S. The van der Waals surface area contributed by atoms with Crippen LogP contribution in [-0.4, -0.2) is 30.9 Å². The maximum Gasteiger partial charge on any atom is 0.499 e. The fraction of sp³-hybridized carbons (Fsp3) is 0.429. The molecule has 0 bridgehead atoms. The van der Waals surface area contributed by atoms with E-state index in [1.165, 1.54) is 11.3 Å². The van der Waals surface area contributed by atoms with Gasteiger partial charge in [0.25, 0.3) is 0 Å². The average molecular weight is 186 g/mol. The highest BCUT2D eigenvalue weighted by Gasteiger charge is 2.12. The number of methoxy groups -OCH3 is 1. The third-order valence-electron chi connectivity index (χ3n) is 1.49. The van der Waals surface area contributed by atoms with Gasteiger partial charge in [0.2, 0.25) is 0 Å². The van der Waals surface area contributed by atoms with Gasteiger partial charge in [-0.1, -0.05) is 6.07 Å². The highest BCUT2D eigenvalue weighted by molar-refractivity contribution is 7.22. The van der Waals surface area contributed by atoms with Crippen LogP contribution < -0.4 is 4.78 Å². The molecule has 1 aromatic heterocycles. The maximum absolute atomic E-state index is 8.80. The van der Waals surface area contributed by atoms with Crippen LogP contribution in [0.25, 0.3) is 0 Å². The van der Waals surface area contributed by atoms with Gasteiger partial charge in [-0.3, -0.25) is 0 Å². The highest BCUT2D eigenvalue weighted by Crippen LogP contribution is 2.07. The van der Waals surface area contributed by atoms with Crippen LogP contribution in [0.15, 0.2) is 12.1 Å². The maximum atomic E-state index is 8.80. The number of rotatable bonds is 4. The summed E-state index contributed by atoms with van der Waals surface area (Å²) in [5.41, 5.74) is 0. The van der Waals surface area contributed by atoms with Crippen LogP contribution >= 0.6 is 11.3 Å². The molecule has 0 radical (unpaired) electrons. The van der Waals surface area contributed by atoms with E-state index < -0.39 is 7.12 Å². The third kappa shape index (κ3) is 2.60. The van der Waals surface area contributed by atoms with E-state index in [9.17, 15) is 0 Å². The molecule has 1 heterocycles. The van der Waals surface area contributed by atoms with Crippen molar-refractivity contribution in [1.82, 2.24) is 0 Å². The second-order valence-corrected chi connectivity index (χ2v) is 3.62. The van der Waals surface area contributed by atoms with Crippen molar-refractivity contribution in [3.05, 3.63) is 17.0 Å². The lowest BCUT2D eigenvalue weighted by atomic mass is 9.90. The van der Waals surface area contributed by atoms with Crippen molar-refractivity contribution >= 4 is 23.2 Å². The summed E-state index contributed by atoms with van der Waals surface area (Å²) >= 11 is 1.40. The largest absolute Gasteiger partial charge is 0.499 e. The van der Waals surface area contributed by atoms with Gasteiger partial charge in [0, 0.05) is 23.2 Å². The molecule has 0 unspecified atom stereocenters. The van der Waals surface area contributed by atoms with Crippen LogP contribution in [0.5, 0.6) is 0 Å². The minimum absolute atomic E-state index is 0.584. The average Bonchev–Trinajstić information content (AvgIpc) is 2.48. The lowest BCUT2D eigenvalue weighted by Crippen LogP contribution is -2.26. The quantitative estimate of drug-likeness (QED) is 0.630. The lowest BCUT2D eigenvalue weighted by Gasteiger charge is -1.94. The Morgan fingerprint density at radius 2 is 2.25 bits per heavy atom. The topological polar surface area (TPSA) is 49.7 Å². The van der Waals surface area contributed by atoms with E-state index in [-0.39, 0.29) is 0 Å². The second-order valence-electron chi connectivity index (χ2n) is 2.42. The Kier molecular flexibility index (Phi) is 3.74. The number of ether oxygens (including phenoxy) is 1. The summed E-state index contributed by atoms with van der Waals surface area (Å²) in [5.74, 6) is 0. The van der Waals surface area contributed by atoms with E-state index in [0.717, 1.165) is 11.3 Å². The van der Waals surface area contributed by atoms with E-state index in [1.54, 1.807) is 13.2 Å². The third-order valence-corrected chi connectivity index (χ3v) is 2.67. The van der Waals surface area contributed by atoms with Gasteiger partial charge in [0.1, 0.15) is 0 Å². The van der Waals surface area contributed by atoms with Gasteiger partial charge in [-0.05, 0) is 6.07 Å². The lowest BCUT2D eigenvalue weighted by molar-refractivity contribution is 0.203. The Balaban J connectivity index is 2.52. The van der Waals surface area contributed by atoms with E-state index in [4.69, 9.17) is 14.8 Å². The number of hydrogen-bond donors (Lipinski definition) is 2. The van der Waals surface area contributed by atoms with Gasteiger partial charge in [-0.15, -0.1) is 11.3 Å². The molecule has 0 aliphatic heterocycles. The van der Waals surface area contributed by atoms with Gasteiger partial charge in [0.15, 0.2) is 0 Å². The van der Waals surface area contributed by atoms with Gasteiger partial charge in [-0.25, -0.2) is 0 Å². The zero-order valence-corrected chi connectivity index (χ0v) is 7.67. The summed E-state index contributed by atoms with van der Waals surface area (Å²) in [5, 5.41) is 17.6. The molecule has 12 heavy (non-hydrogen) atoms. The van der Waals surface area contributed by atoms with Crippen molar-refractivity contribution in [2.45, 2.75) is 6.42 Å². The summed E-state index contributed by atoms with van der Waals surface area (Å²) in [4.78, 5) is 1.11. The molecule has 0 aromatic carbocycles. The molecule has 3 nitrogen and oxygen atoms in total. The molecule has 0 atom stereocenters. The Morgan fingerprint density at radius 1 is 1.50 bits per heavy atom. The predicted octanol–water partition coefficient (Wildman–Crippen LogP) is -0.383. The standard InChI is InChI=1S/C7H11BO3S/c1-11-5-4-6-2-3-7(12-6)8(9)10/h2-3,9-10H,4-5H2,1H3. The number of hydrogen-bond acceptors (Lipinski definition) is 4. The van der Waals surface area contributed by atoms with Crippen LogP contribution in [-0.2, 0) is 11.2 Å². The molecule has 0 fully saturated rings. The first-order valence-electron chi connectivity index (χ1n) is 3.67. The minimum atomic E-state index is -1.34. The molecule has 2 N–H and O–H groups in total. The molecule has 0 aliphatic rings. The van der Waals surface area contributed by atoms with Crippen molar-refractivity contribution in [3.8, 4) is 0 Å². The zero-order chi connectivity index (χ0) is 8.97. The molecule has 1 aromatic rings. The molecule has 0 aliphatic carbocycles.